The van der Waals surface area contributed by atoms with Gasteiger partial charge in [0.05, 0.1) is 17.0 Å². The highest BCUT2D eigenvalue weighted by Crippen LogP contribution is 2.28. The molecule has 1 atom stereocenters. The summed E-state index contributed by atoms with van der Waals surface area (Å²) in [6.45, 7) is 1.94. The Morgan fingerprint density at radius 2 is 1.83 bits per heavy atom. The molecule has 0 spiro atoms. The molecule has 0 amide bonds. The first-order chi connectivity index (χ1) is 16.9. The number of fused-ring (bicyclic) bond motifs is 1. The van der Waals surface area contributed by atoms with Gasteiger partial charge < -0.3 is 10.6 Å². The Bertz CT molecular complexity index is 1440. The summed E-state index contributed by atoms with van der Waals surface area (Å²) in [5.74, 6) is -0.276. The van der Waals surface area contributed by atoms with Crippen molar-refractivity contribution in [3.8, 4) is 11.1 Å². The Morgan fingerprint density at radius 3 is 2.60 bits per heavy atom. The van der Waals surface area contributed by atoms with Gasteiger partial charge >= 0.3 is 0 Å². The lowest BCUT2D eigenvalue weighted by atomic mass is 10.0. The Morgan fingerprint density at radius 1 is 1.03 bits per heavy atom. The van der Waals surface area contributed by atoms with E-state index in [1.54, 1.807) is 36.5 Å². The van der Waals surface area contributed by atoms with E-state index in [1.165, 1.54) is 12.1 Å². The molecular formula is C26H26FN5O2S. The Hall–Kier alpha value is -3.56. The van der Waals surface area contributed by atoms with Crippen LogP contribution in [-0.4, -0.2) is 37.5 Å². The summed E-state index contributed by atoms with van der Waals surface area (Å²) in [6, 6.07) is 19.2. The van der Waals surface area contributed by atoms with Gasteiger partial charge in [-0.2, -0.15) is 0 Å². The fraction of sp³-hybridized carbons (Fsp3) is 0.231. The minimum atomic E-state index is -3.75. The summed E-state index contributed by atoms with van der Waals surface area (Å²) < 4.78 is 42.1. The van der Waals surface area contributed by atoms with E-state index >= 15 is 0 Å². The van der Waals surface area contributed by atoms with E-state index in [1.807, 2.05) is 24.3 Å². The van der Waals surface area contributed by atoms with Crippen molar-refractivity contribution in [3.63, 3.8) is 0 Å². The number of hydrogen-bond acceptors (Lipinski definition) is 6. The summed E-state index contributed by atoms with van der Waals surface area (Å²) in [4.78, 5) is 9.05. The van der Waals surface area contributed by atoms with Gasteiger partial charge in [0.15, 0.2) is 0 Å². The number of piperidine rings is 1. The van der Waals surface area contributed by atoms with Crippen molar-refractivity contribution < 1.29 is 12.8 Å². The summed E-state index contributed by atoms with van der Waals surface area (Å²) >= 11 is 0. The van der Waals surface area contributed by atoms with Gasteiger partial charge in [-0.25, -0.2) is 22.8 Å². The molecule has 1 unspecified atom stereocenters. The Balaban J connectivity index is 1.32. The number of anilines is 2. The maximum atomic E-state index is 14.8. The molecule has 3 aromatic carbocycles. The second-order valence-electron chi connectivity index (χ2n) is 8.70. The van der Waals surface area contributed by atoms with Crippen molar-refractivity contribution in [2.75, 3.05) is 23.1 Å². The largest absolute Gasteiger partial charge is 0.350 e. The van der Waals surface area contributed by atoms with Crippen LogP contribution < -0.4 is 15.4 Å². The molecule has 1 fully saturated rings. The first-order valence-corrected chi connectivity index (χ1v) is 13.2. The molecule has 1 aliphatic heterocycles. The topological polar surface area (TPSA) is 96.0 Å². The molecule has 7 nitrogen and oxygen atoms in total. The molecule has 35 heavy (non-hydrogen) atoms. The van der Waals surface area contributed by atoms with Crippen LogP contribution in [0.15, 0.2) is 72.9 Å². The second-order valence-corrected chi connectivity index (χ2v) is 10.4. The number of rotatable bonds is 7. The van der Waals surface area contributed by atoms with Gasteiger partial charge in [-0.15, -0.1) is 0 Å². The van der Waals surface area contributed by atoms with E-state index < -0.39 is 15.8 Å². The zero-order valence-corrected chi connectivity index (χ0v) is 19.9. The molecule has 0 bridgehead atoms. The lowest BCUT2D eigenvalue weighted by Crippen LogP contribution is -2.38. The summed E-state index contributed by atoms with van der Waals surface area (Å²) in [6.07, 6.45) is 3.96. The molecule has 180 valence electrons. The third kappa shape index (κ3) is 5.75. The second kappa shape index (κ2) is 9.97. The predicted octanol–water partition coefficient (Wildman–Crippen LogP) is 4.54. The molecule has 5 rings (SSSR count). The minimum Gasteiger partial charge on any atom is -0.350 e. The smallest absolute Gasteiger partial charge is 0.237 e. The molecule has 0 aliphatic carbocycles. The molecule has 3 N–H and O–H groups in total. The van der Waals surface area contributed by atoms with Crippen LogP contribution in [0.1, 0.15) is 18.4 Å². The fourth-order valence-corrected chi connectivity index (χ4v) is 5.42. The third-order valence-corrected chi connectivity index (χ3v) is 7.22. The molecule has 1 saturated heterocycles. The van der Waals surface area contributed by atoms with Crippen molar-refractivity contribution in [2.45, 2.75) is 24.6 Å². The Kier molecular flexibility index (Phi) is 6.61. The number of nitrogens with one attached hydrogen (secondary N) is 3. The van der Waals surface area contributed by atoms with E-state index in [-0.39, 0.29) is 11.4 Å². The number of halogens is 1. The van der Waals surface area contributed by atoms with Crippen LogP contribution in [0.3, 0.4) is 0 Å². The Labute approximate surface area is 203 Å². The van der Waals surface area contributed by atoms with Crippen molar-refractivity contribution in [1.82, 2.24) is 15.3 Å². The van der Waals surface area contributed by atoms with Gasteiger partial charge in [-0.1, -0.05) is 42.5 Å². The third-order valence-electron chi connectivity index (χ3n) is 5.98. The lowest BCUT2D eigenvalue weighted by molar-refractivity contribution is 0.478. The zero-order valence-electron chi connectivity index (χ0n) is 19.0. The fourth-order valence-electron chi connectivity index (χ4n) is 4.21. The lowest BCUT2D eigenvalue weighted by Gasteiger charge is -2.23. The van der Waals surface area contributed by atoms with E-state index in [0.717, 1.165) is 42.4 Å². The van der Waals surface area contributed by atoms with Crippen LogP contribution in [0.25, 0.3) is 22.0 Å². The molecule has 0 saturated carbocycles. The summed E-state index contributed by atoms with van der Waals surface area (Å²) in [5, 5.41) is 7.58. The van der Waals surface area contributed by atoms with Crippen LogP contribution in [0, 0.1) is 5.82 Å². The molecule has 1 aliphatic rings. The van der Waals surface area contributed by atoms with Gasteiger partial charge in [0, 0.05) is 24.2 Å². The van der Waals surface area contributed by atoms with Gasteiger partial charge in [0.1, 0.15) is 5.82 Å². The van der Waals surface area contributed by atoms with Crippen LogP contribution in [-0.2, 0) is 15.8 Å². The van der Waals surface area contributed by atoms with Crippen LogP contribution in [0.2, 0.25) is 0 Å². The van der Waals surface area contributed by atoms with Crippen LogP contribution in [0.5, 0.6) is 0 Å². The number of aromatic nitrogens is 2. The van der Waals surface area contributed by atoms with Crippen LogP contribution in [0.4, 0.5) is 16.0 Å². The van der Waals surface area contributed by atoms with Gasteiger partial charge in [-0.3, -0.25) is 4.72 Å². The zero-order chi connectivity index (χ0) is 24.3. The molecule has 0 radical (unpaired) electrons. The van der Waals surface area contributed by atoms with E-state index in [9.17, 15) is 12.8 Å². The predicted molar refractivity (Wildman–Crippen MR) is 137 cm³/mol. The van der Waals surface area contributed by atoms with Crippen molar-refractivity contribution >= 4 is 32.6 Å². The van der Waals surface area contributed by atoms with Gasteiger partial charge in [0.2, 0.25) is 16.0 Å². The molecule has 2 heterocycles. The first kappa shape index (κ1) is 23.2. The number of hydrogen-bond donors (Lipinski definition) is 3. The number of benzene rings is 3. The minimum absolute atomic E-state index is 0.0817. The number of sulfonamides is 1. The average Bonchev–Trinajstić information content (AvgIpc) is 2.86. The molecule has 9 heteroatoms. The summed E-state index contributed by atoms with van der Waals surface area (Å²) in [7, 11) is -3.75. The highest BCUT2D eigenvalue weighted by atomic mass is 32.2. The molecule has 4 aromatic rings. The van der Waals surface area contributed by atoms with Crippen molar-refractivity contribution in [1.29, 1.82) is 0 Å². The van der Waals surface area contributed by atoms with Crippen LogP contribution >= 0.6 is 0 Å². The highest BCUT2D eigenvalue weighted by molar-refractivity contribution is 7.91. The summed E-state index contributed by atoms with van der Waals surface area (Å²) in [5.41, 5.74) is 2.76. The maximum Gasteiger partial charge on any atom is 0.237 e. The van der Waals surface area contributed by atoms with Crippen molar-refractivity contribution in [2.24, 2.45) is 0 Å². The van der Waals surface area contributed by atoms with E-state index in [2.05, 4.69) is 25.3 Å². The maximum absolute atomic E-state index is 14.8. The highest BCUT2D eigenvalue weighted by Gasteiger charge is 2.16. The average molecular weight is 492 g/mol. The first-order valence-electron chi connectivity index (χ1n) is 11.5. The SMILES string of the molecule is O=S(=O)(Cc1ccccc1)Nc1ccc(-c2ccc3nc(NC4CCCNC4)ncc3c2)cc1F. The van der Waals surface area contributed by atoms with E-state index in [4.69, 9.17) is 0 Å². The standard InChI is InChI=1S/C26H26FN5O2S/c27-23-14-20(9-11-25(23)32-35(33,34)17-18-5-2-1-3-6-18)19-8-10-24-21(13-19)15-29-26(31-24)30-22-7-4-12-28-16-22/h1-3,5-6,8-11,13-15,22,28,32H,4,7,12,16-17H2,(H,29,30,31). The molecular weight excluding hydrogens is 465 g/mol. The normalized spacial score (nSPS) is 16.2. The quantitative estimate of drug-likeness (QED) is 0.351. The van der Waals surface area contributed by atoms with Gasteiger partial charge in [-0.05, 0) is 60.3 Å². The van der Waals surface area contributed by atoms with Crippen molar-refractivity contribution in [3.05, 3.63) is 84.3 Å². The monoisotopic (exact) mass is 491 g/mol. The molecule has 1 aromatic heterocycles. The van der Waals surface area contributed by atoms with Gasteiger partial charge in [0.25, 0.3) is 0 Å². The number of nitrogens with zero attached hydrogens (tertiary/aromatic N) is 2. The van der Waals surface area contributed by atoms with E-state index in [0.29, 0.717) is 23.1 Å².